The van der Waals surface area contributed by atoms with Gasteiger partial charge in [0.15, 0.2) is 11.5 Å². The fourth-order valence-corrected chi connectivity index (χ4v) is 1.86. The summed E-state index contributed by atoms with van der Waals surface area (Å²) in [6.45, 7) is 0. The van der Waals surface area contributed by atoms with Crippen LogP contribution in [0, 0.1) is 0 Å². The highest BCUT2D eigenvalue weighted by Gasteiger charge is 2.09. The Bertz CT molecular complexity index is 765. The van der Waals surface area contributed by atoms with Gasteiger partial charge in [-0.3, -0.25) is 0 Å². The quantitative estimate of drug-likeness (QED) is 0.779. The number of aromatic nitrogens is 3. The van der Waals surface area contributed by atoms with Crippen molar-refractivity contribution in [2.45, 2.75) is 0 Å². The van der Waals surface area contributed by atoms with Crippen LogP contribution in [-0.4, -0.2) is 25.7 Å². The van der Waals surface area contributed by atoms with E-state index in [2.05, 4.69) is 10.1 Å². The van der Waals surface area contributed by atoms with E-state index in [1.165, 1.54) is 16.6 Å². The van der Waals surface area contributed by atoms with Crippen LogP contribution in [0.1, 0.15) is 10.4 Å². The molecule has 1 N–H and O–H groups in total. The van der Waals surface area contributed by atoms with Crippen LogP contribution < -0.4 is 0 Å². The van der Waals surface area contributed by atoms with E-state index >= 15 is 0 Å². The van der Waals surface area contributed by atoms with Gasteiger partial charge in [-0.25, -0.2) is 14.3 Å². The van der Waals surface area contributed by atoms with Gasteiger partial charge in [0.05, 0.1) is 5.56 Å². The van der Waals surface area contributed by atoms with Gasteiger partial charge in [0.2, 0.25) is 0 Å². The number of carbonyl (C=O) groups is 1. The van der Waals surface area contributed by atoms with E-state index < -0.39 is 5.97 Å². The molecule has 0 atom stereocenters. The van der Waals surface area contributed by atoms with Crippen molar-refractivity contribution in [3.63, 3.8) is 0 Å². The lowest BCUT2D eigenvalue weighted by molar-refractivity contribution is 0.0697. The summed E-state index contributed by atoms with van der Waals surface area (Å²) in [6.07, 6.45) is 1.57. The lowest BCUT2D eigenvalue weighted by Gasteiger charge is -1.93. The maximum absolute atomic E-state index is 10.9. The monoisotopic (exact) mass is 273 g/mol. The molecule has 94 valence electrons. The maximum Gasteiger partial charge on any atom is 0.335 e. The molecule has 2 aromatic heterocycles. The minimum atomic E-state index is -0.987. The van der Waals surface area contributed by atoms with Gasteiger partial charge in [-0.1, -0.05) is 11.6 Å². The third kappa shape index (κ3) is 2.15. The predicted molar refractivity (Wildman–Crippen MR) is 70.4 cm³/mol. The molecule has 0 unspecified atom stereocenters. The molecule has 0 aliphatic rings. The first-order chi connectivity index (χ1) is 9.13. The second-order valence-electron chi connectivity index (χ2n) is 3.97. The van der Waals surface area contributed by atoms with Crippen LogP contribution in [0.15, 0.2) is 42.6 Å². The average Bonchev–Trinajstić information content (AvgIpc) is 2.82. The molecular weight excluding hydrogens is 266 g/mol. The molecule has 0 aliphatic carbocycles. The number of nitrogens with zero attached hydrogens (tertiary/aromatic N) is 3. The van der Waals surface area contributed by atoms with Gasteiger partial charge in [-0.2, -0.15) is 0 Å². The van der Waals surface area contributed by atoms with Crippen molar-refractivity contribution in [1.82, 2.24) is 14.6 Å². The van der Waals surface area contributed by atoms with Gasteiger partial charge in [-0.15, -0.1) is 5.10 Å². The molecule has 19 heavy (non-hydrogen) atoms. The molecule has 2 heterocycles. The Balaban J connectivity index is 2.11. The lowest BCUT2D eigenvalue weighted by Crippen LogP contribution is -1.97. The van der Waals surface area contributed by atoms with Crippen molar-refractivity contribution < 1.29 is 9.90 Å². The van der Waals surface area contributed by atoms with Crippen LogP contribution in [0.3, 0.4) is 0 Å². The number of halogens is 1. The summed E-state index contributed by atoms with van der Waals surface area (Å²) in [6, 6.07) is 10.1. The summed E-state index contributed by atoms with van der Waals surface area (Å²) >= 11 is 5.82. The Hall–Kier alpha value is -2.40. The first kappa shape index (κ1) is 11.7. The molecule has 0 radical (unpaired) electrons. The molecule has 0 spiro atoms. The lowest BCUT2D eigenvalue weighted by atomic mass is 10.2. The molecular formula is C13H8ClN3O2. The number of benzene rings is 1. The zero-order valence-electron chi connectivity index (χ0n) is 9.62. The molecule has 3 rings (SSSR count). The highest BCUT2D eigenvalue weighted by atomic mass is 35.5. The van der Waals surface area contributed by atoms with E-state index in [4.69, 9.17) is 16.7 Å². The molecule has 0 saturated carbocycles. The van der Waals surface area contributed by atoms with Crippen molar-refractivity contribution >= 4 is 23.2 Å². The van der Waals surface area contributed by atoms with Crippen LogP contribution in [0.4, 0.5) is 0 Å². The Morgan fingerprint density at radius 1 is 1.21 bits per heavy atom. The summed E-state index contributed by atoms with van der Waals surface area (Å²) in [7, 11) is 0. The third-order valence-electron chi connectivity index (χ3n) is 2.69. The number of hydrogen-bond donors (Lipinski definition) is 1. The molecule has 3 aromatic rings. The van der Waals surface area contributed by atoms with E-state index in [-0.39, 0.29) is 5.56 Å². The van der Waals surface area contributed by atoms with Crippen LogP contribution in [0.25, 0.3) is 17.0 Å². The zero-order valence-corrected chi connectivity index (χ0v) is 10.4. The second-order valence-corrected chi connectivity index (χ2v) is 4.40. The fraction of sp³-hybridized carbons (Fsp3) is 0. The van der Waals surface area contributed by atoms with Crippen LogP contribution in [0.5, 0.6) is 0 Å². The van der Waals surface area contributed by atoms with Crippen LogP contribution >= 0.6 is 11.6 Å². The molecule has 6 heteroatoms. The number of pyridine rings is 1. The predicted octanol–water partition coefficient (Wildman–Crippen LogP) is 2.75. The minimum absolute atomic E-state index is 0.183. The summed E-state index contributed by atoms with van der Waals surface area (Å²) < 4.78 is 1.54. The Morgan fingerprint density at radius 2 is 1.95 bits per heavy atom. The zero-order chi connectivity index (χ0) is 13.4. The fourth-order valence-electron chi connectivity index (χ4n) is 1.74. The number of rotatable bonds is 2. The average molecular weight is 274 g/mol. The van der Waals surface area contributed by atoms with E-state index in [0.29, 0.717) is 16.5 Å². The highest BCUT2D eigenvalue weighted by Crippen LogP contribution is 2.19. The minimum Gasteiger partial charge on any atom is -0.478 e. The second kappa shape index (κ2) is 4.37. The highest BCUT2D eigenvalue weighted by molar-refractivity contribution is 6.30. The molecule has 0 bridgehead atoms. The SMILES string of the molecule is O=C(O)c1ccn2nc(-c3ccc(Cl)cc3)nc2c1. The van der Waals surface area contributed by atoms with Gasteiger partial charge in [0.25, 0.3) is 0 Å². The van der Waals surface area contributed by atoms with Crippen molar-refractivity contribution in [1.29, 1.82) is 0 Å². The molecule has 0 amide bonds. The standard InChI is InChI=1S/C13H8ClN3O2/c14-10-3-1-8(2-4-10)12-15-11-7-9(13(18)19)5-6-17(11)16-12/h1-7H,(H,18,19). The molecule has 0 saturated heterocycles. The summed E-state index contributed by atoms with van der Waals surface area (Å²) in [5.74, 6) is -0.460. The van der Waals surface area contributed by atoms with E-state index in [9.17, 15) is 4.79 Å². The van der Waals surface area contributed by atoms with Crippen molar-refractivity contribution in [2.24, 2.45) is 0 Å². The van der Waals surface area contributed by atoms with E-state index in [1.807, 2.05) is 12.1 Å². The van der Waals surface area contributed by atoms with Crippen molar-refractivity contribution in [3.8, 4) is 11.4 Å². The topological polar surface area (TPSA) is 67.5 Å². The number of carboxylic acid groups (broad SMARTS) is 1. The van der Waals surface area contributed by atoms with Gasteiger partial charge in [0, 0.05) is 16.8 Å². The van der Waals surface area contributed by atoms with Gasteiger partial charge < -0.3 is 5.11 Å². The summed E-state index contributed by atoms with van der Waals surface area (Å²) in [4.78, 5) is 15.2. The first-order valence-electron chi connectivity index (χ1n) is 5.49. The Kier molecular flexibility index (Phi) is 2.68. The molecule has 0 fully saturated rings. The van der Waals surface area contributed by atoms with Gasteiger partial charge >= 0.3 is 5.97 Å². The number of fused-ring (bicyclic) bond motifs is 1. The van der Waals surface area contributed by atoms with Crippen LogP contribution in [0.2, 0.25) is 5.02 Å². The smallest absolute Gasteiger partial charge is 0.335 e. The molecule has 5 nitrogen and oxygen atoms in total. The van der Waals surface area contributed by atoms with E-state index in [1.54, 1.807) is 18.3 Å². The van der Waals surface area contributed by atoms with Gasteiger partial charge in [0.1, 0.15) is 0 Å². The summed E-state index contributed by atoms with van der Waals surface area (Å²) in [5, 5.41) is 13.8. The van der Waals surface area contributed by atoms with Crippen molar-refractivity contribution in [2.75, 3.05) is 0 Å². The van der Waals surface area contributed by atoms with Crippen LogP contribution in [-0.2, 0) is 0 Å². The normalized spacial score (nSPS) is 10.8. The first-order valence-corrected chi connectivity index (χ1v) is 5.87. The molecule has 1 aromatic carbocycles. The molecule has 0 aliphatic heterocycles. The summed E-state index contributed by atoms with van der Waals surface area (Å²) in [5.41, 5.74) is 1.50. The Morgan fingerprint density at radius 3 is 2.63 bits per heavy atom. The third-order valence-corrected chi connectivity index (χ3v) is 2.94. The van der Waals surface area contributed by atoms with E-state index in [0.717, 1.165) is 5.56 Å². The van der Waals surface area contributed by atoms with Crippen molar-refractivity contribution in [3.05, 3.63) is 53.2 Å². The largest absolute Gasteiger partial charge is 0.478 e. The maximum atomic E-state index is 10.9. The Labute approximate surface area is 113 Å². The number of aromatic carboxylic acids is 1. The number of hydrogen-bond acceptors (Lipinski definition) is 3. The van der Waals surface area contributed by atoms with Gasteiger partial charge in [-0.05, 0) is 36.4 Å². The number of carboxylic acids is 1.